The Morgan fingerprint density at radius 3 is 2.47 bits per heavy atom. The Kier molecular flexibility index (Phi) is 2.24. The average Bonchev–Trinajstić information content (AvgIpc) is 2.50. The number of rotatable bonds is 1. The summed E-state index contributed by atoms with van der Waals surface area (Å²) in [7, 11) is 0. The van der Waals surface area contributed by atoms with Crippen molar-refractivity contribution < 1.29 is 20.1 Å². The maximum atomic E-state index is 10.2. The van der Waals surface area contributed by atoms with Crippen LogP contribution in [-0.4, -0.2) is 33.6 Å². The standard InChI is InChI=1S/C11H18O4/c1-5(2)8-9(14)11(3)4-6(12)7(13)10(11)15-8/h5,8-10,12-14H,4H2,1-3H3/t8-,9?,10?,11?/m0/s1. The third kappa shape index (κ3) is 1.28. The maximum absolute atomic E-state index is 10.2. The van der Waals surface area contributed by atoms with Gasteiger partial charge in [0.05, 0.1) is 12.2 Å². The maximum Gasteiger partial charge on any atom is 0.159 e. The van der Waals surface area contributed by atoms with E-state index in [1.165, 1.54) is 0 Å². The van der Waals surface area contributed by atoms with E-state index in [-0.39, 0.29) is 30.0 Å². The molecule has 2 aliphatic rings. The normalized spacial score (nSPS) is 45.3. The highest BCUT2D eigenvalue weighted by atomic mass is 16.5. The van der Waals surface area contributed by atoms with Gasteiger partial charge in [-0.3, -0.25) is 0 Å². The highest BCUT2D eigenvalue weighted by Gasteiger charge is 2.59. The van der Waals surface area contributed by atoms with Crippen molar-refractivity contribution in [3.8, 4) is 0 Å². The fraction of sp³-hybridized carbons (Fsp3) is 0.818. The van der Waals surface area contributed by atoms with Gasteiger partial charge in [0, 0.05) is 11.8 Å². The molecule has 4 atom stereocenters. The highest BCUT2D eigenvalue weighted by molar-refractivity contribution is 5.24. The zero-order valence-electron chi connectivity index (χ0n) is 9.27. The first kappa shape index (κ1) is 10.8. The molecule has 0 aromatic rings. The van der Waals surface area contributed by atoms with Gasteiger partial charge in [0.15, 0.2) is 5.76 Å². The molecule has 1 fully saturated rings. The van der Waals surface area contributed by atoms with Crippen molar-refractivity contribution >= 4 is 0 Å². The lowest BCUT2D eigenvalue weighted by atomic mass is 9.78. The van der Waals surface area contributed by atoms with Crippen molar-refractivity contribution in [1.82, 2.24) is 0 Å². The molecule has 15 heavy (non-hydrogen) atoms. The fourth-order valence-corrected chi connectivity index (χ4v) is 2.62. The molecule has 0 amide bonds. The molecule has 86 valence electrons. The fourth-order valence-electron chi connectivity index (χ4n) is 2.62. The van der Waals surface area contributed by atoms with Crippen molar-refractivity contribution in [3.63, 3.8) is 0 Å². The Morgan fingerprint density at radius 2 is 2.00 bits per heavy atom. The minimum atomic E-state index is -0.644. The average molecular weight is 214 g/mol. The minimum Gasteiger partial charge on any atom is -0.509 e. The SMILES string of the molecule is CC(C)[C@@H]1OC2C(O)=C(O)CC2(C)C1O. The predicted octanol–water partition coefficient (Wildman–Crippen LogP) is 1.51. The first-order valence-corrected chi connectivity index (χ1v) is 5.32. The minimum absolute atomic E-state index is 0.0521. The van der Waals surface area contributed by atoms with E-state index in [1.807, 2.05) is 20.8 Å². The predicted molar refractivity (Wildman–Crippen MR) is 54.5 cm³/mol. The number of aliphatic hydroxyl groups excluding tert-OH is 3. The summed E-state index contributed by atoms with van der Waals surface area (Å²) in [6, 6.07) is 0. The van der Waals surface area contributed by atoms with E-state index in [4.69, 9.17) is 4.74 Å². The number of hydrogen-bond acceptors (Lipinski definition) is 4. The molecule has 3 N–H and O–H groups in total. The van der Waals surface area contributed by atoms with Crippen molar-refractivity contribution in [1.29, 1.82) is 0 Å². The summed E-state index contributed by atoms with van der Waals surface area (Å²) in [4.78, 5) is 0. The number of hydrogen-bond donors (Lipinski definition) is 3. The molecule has 0 saturated carbocycles. The second-order valence-electron chi connectivity index (χ2n) is 5.18. The lowest BCUT2D eigenvalue weighted by Gasteiger charge is -2.27. The zero-order chi connectivity index (χ0) is 11.4. The van der Waals surface area contributed by atoms with Crippen molar-refractivity contribution in [2.45, 2.75) is 45.5 Å². The van der Waals surface area contributed by atoms with Crippen LogP contribution in [0.5, 0.6) is 0 Å². The summed E-state index contributed by atoms with van der Waals surface area (Å²) in [5, 5.41) is 29.2. The van der Waals surface area contributed by atoms with Crippen LogP contribution in [0.1, 0.15) is 27.2 Å². The van der Waals surface area contributed by atoms with Crippen LogP contribution in [-0.2, 0) is 4.74 Å². The van der Waals surface area contributed by atoms with Crippen LogP contribution < -0.4 is 0 Å². The highest BCUT2D eigenvalue weighted by Crippen LogP contribution is 2.51. The van der Waals surface area contributed by atoms with Gasteiger partial charge in [-0.25, -0.2) is 0 Å². The van der Waals surface area contributed by atoms with Crippen LogP contribution in [0.4, 0.5) is 0 Å². The second kappa shape index (κ2) is 3.12. The molecule has 0 spiro atoms. The molecule has 0 bridgehead atoms. The molecular weight excluding hydrogens is 196 g/mol. The third-order valence-corrected chi connectivity index (χ3v) is 3.63. The van der Waals surface area contributed by atoms with Gasteiger partial charge in [0.2, 0.25) is 0 Å². The smallest absolute Gasteiger partial charge is 0.159 e. The Labute approximate surface area is 89.2 Å². The van der Waals surface area contributed by atoms with Gasteiger partial charge in [0.1, 0.15) is 11.9 Å². The van der Waals surface area contributed by atoms with Gasteiger partial charge in [-0.2, -0.15) is 0 Å². The molecule has 3 unspecified atom stereocenters. The monoisotopic (exact) mass is 214 g/mol. The van der Waals surface area contributed by atoms with Gasteiger partial charge >= 0.3 is 0 Å². The van der Waals surface area contributed by atoms with Crippen LogP contribution in [0.15, 0.2) is 11.5 Å². The van der Waals surface area contributed by atoms with Gasteiger partial charge in [-0.05, 0) is 5.92 Å². The van der Waals surface area contributed by atoms with Crippen molar-refractivity contribution in [2.75, 3.05) is 0 Å². The lowest BCUT2D eigenvalue weighted by Crippen LogP contribution is -2.38. The van der Waals surface area contributed by atoms with Crippen LogP contribution >= 0.6 is 0 Å². The van der Waals surface area contributed by atoms with Crippen molar-refractivity contribution in [2.24, 2.45) is 11.3 Å². The third-order valence-electron chi connectivity index (χ3n) is 3.63. The van der Waals surface area contributed by atoms with E-state index in [9.17, 15) is 15.3 Å². The molecule has 0 aromatic carbocycles. The number of allylic oxidation sites excluding steroid dienone is 1. The first-order chi connectivity index (χ1) is 6.88. The molecule has 1 aliphatic heterocycles. The molecule has 2 rings (SSSR count). The van der Waals surface area contributed by atoms with Crippen LogP contribution in [0.3, 0.4) is 0 Å². The van der Waals surface area contributed by atoms with Crippen LogP contribution in [0.25, 0.3) is 0 Å². The van der Waals surface area contributed by atoms with Crippen LogP contribution in [0.2, 0.25) is 0 Å². The number of ether oxygens (including phenoxy) is 1. The van der Waals surface area contributed by atoms with Gasteiger partial charge in [0.25, 0.3) is 0 Å². The summed E-state index contributed by atoms with van der Waals surface area (Å²) in [5.74, 6) is 0.0285. The Bertz CT molecular complexity index is 310. The largest absolute Gasteiger partial charge is 0.509 e. The second-order valence-corrected chi connectivity index (χ2v) is 5.18. The molecule has 1 saturated heterocycles. The van der Waals surface area contributed by atoms with E-state index in [2.05, 4.69) is 0 Å². The van der Waals surface area contributed by atoms with E-state index < -0.39 is 17.6 Å². The lowest BCUT2D eigenvalue weighted by molar-refractivity contribution is -0.0183. The molecule has 1 heterocycles. The van der Waals surface area contributed by atoms with Gasteiger partial charge in [-0.1, -0.05) is 20.8 Å². The summed E-state index contributed by atoms with van der Waals surface area (Å²) in [6.45, 7) is 5.78. The van der Waals surface area contributed by atoms with Crippen molar-refractivity contribution in [3.05, 3.63) is 11.5 Å². The summed E-state index contributed by atoms with van der Waals surface area (Å²) < 4.78 is 5.63. The van der Waals surface area contributed by atoms with E-state index >= 15 is 0 Å². The Balaban J connectivity index is 2.30. The molecule has 4 heteroatoms. The quantitative estimate of drug-likeness (QED) is 0.618. The molecule has 0 radical (unpaired) electrons. The number of aliphatic hydroxyl groups is 3. The molecule has 1 aliphatic carbocycles. The van der Waals surface area contributed by atoms with E-state index in [0.29, 0.717) is 0 Å². The summed E-state index contributed by atoms with van der Waals surface area (Å²) in [5.41, 5.74) is -0.580. The van der Waals surface area contributed by atoms with Gasteiger partial charge < -0.3 is 20.1 Å². The zero-order valence-corrected chi connectivity index (χ0v) is 9.27. The summed E-state index contributed by atoms with van der Waals surface area (Å²) >= 11 is 0. The van der Waals surface area contributed by atoms with E-state index in [1.54, 1.807) is 0 Å². The number of fused-ring (bicyclic) bond motifs is 1. The summed E-state index contributed by atoms with van der Waals surface area (Å²) in [6.07, 6.45) is -1.18. The Morgan fingerprint density at radius 1 is 1.40 bits per heavy atom. The van der Waals surface area contributed by atoms with Crippen LogP contribution in [0, 0.1) is 11.3 Å². The van der Waals surface area contributed by atoms with Gasteiger partial charge in [-0.15, -0.1) is 0 Å². The van der Waals surface area contributed by atoms with E-state index in [0.717, 1.165) is 0 Å². The molecule has 0 aromatic heterocycles. The molecule has 4 nitrogen and oxygen atoms in total. The topological polar surface area (TPSA) is 69.9 Å². The first-order valence-electron chi connectivity index (χ1n) is 5.32. The Hall–Kier alpha value is -0.740. The molecular formula is C11H18O4.